The molecule has 0 fully saturated rings. The van der Waals surface area contributed by atoms with Gasteiger partial charge in [0.25, 0.3) is 0 Å². The van der Waals surface area contributed by atoms with E-state index < -0.39 is 7.82 Å². The Bertz CT molecular complexity index is 375. The van der Waals surface area contributed by atoms with Crippen LogP contribution in [0.1, 0.15) is 0 Å². The van der Waals surface area contributed by atoms with Crippen LogP contribution in [0.25, 0.3) is 0 Å². The summed E-state index contributed by atoms with van der Waals surface area (Å²) < 4.78 is 13.9. The average Bonchev–Trinajstić information content (AvgIpc) is 2.15. The van der Waals surface area contributed by atoms with Crippen LogP contribution in [0.5, 0.6) is 5.75 Å². The quantitative estimate of drug-likeness (QED) is 0.304. The molecule has 0 saturated heterocycles. The molecular weight excluding hydrogens is 259 g/mol. The van der Waals surface area contributed by atoms with Gasteiger partial charge in [0.1, 0.15) is 5.75 Å². The van der Waals surface area contributed by atoms with E-state index >= 15 is 0 Å². The highest BCUT2D eigenvalue weighted by molar-refractivity contribution is 7.45. The minimum Gasteiger partial charge on any atom is -0.495 e. The van der Waals surface area contributed by atoms with Gasteiger partial charge in [-0.1, -0.05) is 11.6 Å². The molecule has 0 radical (unpaired) electrons. The zero-order valence-corrected chi connectivity index (χ0v) is 9.94. The van der Waals surface area contributed by atoms with Gasteiger partial charge < -0.3 is 24.8 Å². The van der Waals surface area contributed by atoms with Crippen molar-refractivity contribution in [3.8, 4) is 5.75 Å². The summed E-state index contributed by atoms with van der Waals surface area (Å²) in [6.07, 6.45) is 0. The molecule has 0 amide bonds. The van der Waals surface area contributed by atoms with E-state index in [4.69, 9.17) is 41.4 Å². The predicted molar refractivity (Wildman–Crippen MR) is 60.1 cm³/mol. The van der Waals surface area contributed by atoms with Crippen LogP contribution in [0.2, 0.25) is 5.02 Å². The molecule has 0 heterocycles. The van der Waals surface area contributed by atoms with Crippen molar-refractivity contribution in [1.82, 2.24) is 0 Å². The molecule has 1 aromatic rings. The predicted octanol–water partition coefficient (Wildman–Crippen LogP) is 0.706. The molecule has 0 bridgehead atoms. The molecule has 0 saturated carbocycles. The molecular formula is C7H12ClN2O5P. The highest BCUT2D eigenvalue weighted by Gasteiger charge is 2.00. The summed E-state index contributed by atoms with van der Waals surface area (Å²) in [5, 5.41) is 0.624. The topological polar surface area (TPSA) is 125 Å². The normalized spacial score (nSPS) is 10.1. The molecule has 1 aromatic carbocycles. The Kier molecular flexibility index (Phi) is 6.35. The maximum atomic E-state index is 8.88. The van der Waals surface area contributed by atoms with E-state index in [1.807, 2.05) is 0 Å². The molecule has 0 aliphatic heterocycles. The van der Waals surface area contributed by atoms with Gasteiger partial charge in [-0.3, -0.25) is 5.84 Å². The molecule has 9 heteroatoms. The highest BCUT2D eigenvalue weighted by Crippen LogP contribution is 2.26. The van der Waals surface area contributed by atoms with Gasteiger partial charge in [-0.15, -0.1) is 0 Å². The summed E-state index contributed by atoms with van der Waals surface area (Å²) in [7, 11) is -3.07. The zero-order valence-electron chi connectivity index (χ0n) is 8.29. The Morgan fingerprint density at radius 2 is 1.94 bits per heavy atom. The number of rotatable bonds is 2. The Labute approximate surface area is 97.0 Å². The lowest BCUT2D eigenvalue weighted by molar-refractivity contribution is 0.275. The van der Waals surface area contributed by atoms with E-state index in [0.717, 1.165) is 0 Å². The van der Waals surface area contributed by atoms with Gasteiger partial charge in [0.2, 0.25) is 0 Å². The van der Waals surface area contributed by atoms with Crippen LogP contribution in [0.4, 0.5) is 5.69 Å². The molecule has 92 valence electrons. The number of nitrogens with one attached hydrogen (secondary N) is 1. The van der Waals surface area contributed by atoms with E-state index in [0.29, 0.717) is 16.5 Å². The number of methoxy groups -OCH3 is 1. The largest absolute Gasteiger partial charge is 0.495 e. The molecule has 6 N–H and O–H groups in total. The summed E-state index contributed by atoms with van der Waals surface area (Å²) >= 11 is 5.70. The summed E-state index contributed by atoms with van der Waals surface area (Å²) in [6.45, 7) is 0. The first kappa shape index (κ1) is 15.2. The van der Waals surface area contributed by atoms with E-state index in [9.17, 15) is 0 Å². The molecule has 0 unspecified atom stereocenters. The van der Waals surface area contributed by atoms with Crippen molar-refractivity contribution in [2.45, 2.75) is 0 Å². The zero-order chi connectivity index (χ0) is 12.8. The number of nitrogens with two attached hydrogens (primary N) is 1. The van der Waals surface area contributed by atoms with Crippen molar-refractivity contribution in [2.24, 2.45) is 5.84 Å². The number of anilines is 1. The standard InChI is InChI=1S/C7H9ClN2O.H3O4P/c1-11-7-3-2-5(8)4-6(7)10-9;1-5(2,3)4/h2-4,10H,9H2,1H3;(H3,1,2,3,4). The van der Waals surface area contributed by atoms with Crippen LogP contribution in [-0.4, -0.2) is 21.8 Å². The fourth-order valence-corrected chi connectivity index (χ4v) is 0.965. The molecule has 0 atom stereocenters. The molecule has 0 aromatic heterocycles. The third-order valence-corrected chi connectivity index (χ3v) is 1.55. The van der Waals surface area contributed by atoms with Gasteiger partial charge in [-0.2, -0.15) is 0 Å². The Balaban J connectivity index is 0.000000385. The van der Waals surface area contributed by atoms with Crippen LogP contribution >= 0.6 is 19.4 Å². The number of phosphoric acid groups is 1. The first-order valence-electron chi connectivity index (χ1n) is 3.86. The summed E-state index contributed by atoms with van der Waals surface area (Å²) in [5.74, 6) is 5.88. The molecule has 16 heavy (non-hydrogen) atoms. The second kappa shape index (κ2) is 6.70. The van der Waals surface area contributed by atoms with Gasteiger partial charge >= 0.3 is 7.82 Å². The van der Waals surface area contributed by atoms with Crippen LogP contribution in [0.15, 0.2) is 18.2 Å². The third-order valence-electron chi connectivity index (χ3n) is 1.32. The lowest BCUT2D eigenvalue weighted by Gasteiger charge is -2.06. The fourth-order valence-electron chi connectivity index (χ4n) is 0.793. The molecule has 0 spiro atoms. The second-order valence-electron chi connectivity index (χ2n) is 2.50. The highest BCUT2D eigenvalue weighted by atomic mass is 35.5. The number of halogens is 1. The van der Waals surface area contributed by atoms with Gasteiger partial charge in [-0.05, 0) is 18.2 Å². The van der Waals surface area contributed by atoms with Crippen molar-refractivity contribution < 1.29 is 24.0 Å². The number of benzene rings is 1. The van der Waals surface area contributed by atoms with Crippen molar-refractivity contribution in [1.29, 1.82) is 0 Å². The van der Waals surface area contributed by atoms with Gasteiger partial charge in [0, 0.05) is 5.02 Å². The van der Waals surface area contributed by atoms with Crippen LogP contribution in [-0.2, 0) is 4.57 Å². The maximum absolute atomic E-state index is 8.88. The summed E-state index contributed by atoms with van der Waals surface area (Å²) in [6, 6.07) is 5.18. The lowest BCUT2D eigenvalue weighted by atomic mass is 10.3. The number of nitrogen functional groups attached to an aromatic ring is 1. The Morgan fingerprint density at radius 1 is 1.44 bits per heavy atom. The van der Waals surface area contributed by atoms with Crippen LogP contribution in [0, 0.1) is 0 Å². The number of hydrogen-bond donors (Lipinski definition) is 5. The fraction of sp³-hybridized carbons (Fsp3) is 0.143. The molecule has 1 rings (SSSR count). The maximum Gasteiger partial charge on any atom is 0.466 e. The SMILES string of the molecule is COc1ccc(Cl)cc1NN.O=P(O)(O)O. The van der Waals surface area contributed by atoms with Gasteiger partial charge in [-0.25, -0.2) is 4.57 Å². The van der Waals surface area contributed by atoms with Crippen molar-refractivity contribution in [3.63, 3.8) is 0 Å². The number of hydrazine groups is 1. The van der Waals surface area contributed by atoms with E-state index in [2.05, 4.69) is 5.43 Å². The molecule has 0 aliphatic carbocycles. The molecule has 7 nitrogen and oxygen atoms in total. The second-order valence-corrected chi connectivity index (χ2v) is 3.97. The van der Waals surface area contributed by atoms with Crippen LogP contribution < -0.4 is 16.0 Å². The monoisotopic (exact) mass is 270 g/mol. The van der Waals surface area contributed by atoms with E-state index in [1.165, 1.54) is 0 Å². The number of hydrogen-bond acceptors (Lipinski definition) is 4. The first-order chi connectivity index (χ1) is 7.27. The van der Waals surface area contributed by atoms with Gasteiger partial charge in [0.15, 0.2) is 0 Å². The Morgan fingerprint density at radius 3 is 2.31 bits per heavy atom. The van der Waals surface area contributed by atoms with Crippen molar-refractivity contribution in [2.75, 3.05) is 12.5 Å². The van der Waals surface area contributed by atoms with Crippen molar-refractivity contribution in [3.05, 3.63) is 23.2 Å². The van der Waals surface area contributed by atoms with Crippen molar-refractivity contribution >= 4 is 25.1 Å². The molecule has 0 aliphatic rings. The first-order valence-corrected chi connectivity index (χ1v) is 5.80. The minimum absolute atomic E-state index is 0.624. The summed E-state index contributed by atoms with van der Waals surface area (Å²) in [4.78, 5) is 21.6. The van der Waals surface area contributed by atoms with E-state index in [1.54, 1.807) is 25.3 Å². The average molecular weight is 271 g/mol. The van der Waals surface area contributed by atoms with Crippen LogP contribution in [0.3, 0.4) is 0 Å². The third kappa shape index (κ3) is 7.47. The van der Waals surface area contributed by atoms with Gasteiger partial charge in [0.05, 0.1) is 12.8 Å². The minimum atomic E-state index is -4.64. The number of ether oxygens (including phenoxy) is 1. The summed E-state index contributed by atoms with van der Waals surface area (Å²) in [5.41, 5.74) is 3.16. The Hall–Kier alpha value is -0.820. The van der Waals surface area contributed by atoms with E-state index in [-0.39, 0.29) is 0 Å². The smallest absolute Gasteiger partial charge is 0.466 e. The lowest BCUT2D eigenvalue weighted by Crippen LogP contribution is -2.07.